The van der Waals surface area contributed by atoms with E-state index in [0.717, 1.165) is 19.8 Å². The molecule has 0 saturated heterocycles. The maximum absolute atomic E-state index is 14.0. The van der Waals surface area contributed by atoms with Gasteiger partial charge in [-0.25, -0.2) is 4.39 Å². The fourth-order valence-corrected chi connectivity index (χ4v) is 3.27. The third-order valence-corrected chi connectivity index (χ3v) is 4.95. The monoisotopic (exact) mass is 353 g/mol. The molecule has 0 fully saturated rings. The summed E-state index contributed by atoms with van der Waals surface area (Å²) in [4.78, 5) is 2.04. The molecule has 106 valence electrons. The van der Waals surface area contributed by atoms with E-state index in [1.165, 1.54) is 6.07 Å². The van der Waals surface area contributed by atoms with Crippen LogP contribution >= 0.6 is 27.7 Å². The number of benzene rings is 2. The van der Waals surface area contributed by atoms with Crippen molar-refractivity contribution in [2.45, 2.75) is 36.2 Å². The van der Waals surface area contributed by atoms with E-state index in [0.29, 0.717) is 12.6 Å². The summed E-state index contributed by atoms with van der Waals surface area (Å²) in [6.07, 6.45) is 0. The van der Waals surface area contributed by atoms with Crippen molar-refractivity contribution in [3.63, 3.8) is 0 Å². The lowest BCUT2D eigenvalue weighted by Gasteiger charge is -2.13. The Kier molecular flexibility index (Phi) is 5.64. The molecular weight excluding hydrogens is 337 g/mol. The predicted octanol–water partition coefficient (Wildman–Crippen LogP) is 5.24. The van der Waals surface area contributed by atoms with Crippen molar-refractivity contribution in [2.75, 3.05) is 0 Å². The van der Waals surface area contributed by atoms with Crippen LogP contribution in [0.1, 0.15) is 19.4 Å². The van der Waals surface area contributed by atoms with Crippen LogP contribution in [0.3, 0.4) is 0 Å². The van der Waals surface area contributed by atoms with E-state index in [4.69, 9.17) is 0 Å². The summed E-state index contributed by atoms with van der Waals surface area (Å²) in [6, 6.07) is 13.5. The summed E-state index contributed by atoms with van der Waals surface area (Å²) >= 11 is 5.11. The predicted molar refractivity (Wildman–Crippen MR) is 86.6 cm³/mol. The first-order valence-electron chi connectivity index (χ1n) is 6.51. The van der Waals surface area contributed by atoms with E-state index in [1.807, 2.05) is 30.3 Å². The van der Waals surface area contributed by atoms with Gasteiger partial charge in [0.25, 0.3) is 0 Å². The average Bonchev–Trinajstić information content (AvgIpc) is 2.40. The third kappa shape index (κ3) is 4.08. The van der Waals surface area contributed by atoms with Crippen LogP contribution in [0.5, 0.6) is 0 Å². The molecule has 2 aromatic carbocycles. The molecule has 0 aliphatic carbocycles. The summed E-state index contributed by atoms with van der Waals surface area (Å²) in [5.74, 6) is -0.157. The number of halogens is 2. The fourth-order valence-electron chi connectivity index (χ4n) is 1.76. The zero-order valence-electron chi connectivity index (χ0n) is 11.5. The zero-order chi connectivity index (χ0) is 14.5. The van der Waals surface area contributed by atoms with Crippen molar-refractivity contribution < 1.29 is 4.39 Å². The van der Waals surface area contributed by atoms with E-state index in [2.05, 4.69) is 35.1 Å². The van der Waals surface area contributed by atoms with E-state index < -0.39 is 0 Å². The third-order valence-electron chi connectivity index (χ3n) is 2.82. The second-order valence-corrected chi connectivity index (χ2v) is 6.72. The second kappa shape index (κ2) is 7.25. The molecule has 0 aromatic heterocycles. The standard InChI is InChI=1S/C16H17BrFNS/c1-11(2)19-10-12-14(18)7-5-9-15(12)20-16-8-4-3-6-13(16)17/h3-9,11,19H,10H2,1-2H3. The molecule has 0 saturated carbocycles. The summed E-state index contributed by atoms with van der Waals surface area (Å²) in [5, 5.41) is 3.28. The quantitative estimate of drug-likeness (QED) is 0.788. The number of hydrogen-bond acceptors (Lipinski definition) is 2. The Balaban J connectivity index is 2.27. The Morgan fingerprint density at radius 3 is 2.50 bits per heavy atom. The number of rotatable bonds is 5. The van der Waals surface area contributed by atoms with E-state index >= 15 is 0 Å². The van der Waals surface area contributed by atoms with Gasteiger partial charge in [-0.05, 0) is 40.2 Å². The molecule has 0 atom stereocenters. The van der Waals surface area contributed by atoms with Crippen molar-refractivity contribution >= 4 is 27.7 Å². The van der Waals surface area contributed by atoms with Gasteiger partial charge in [-0.15, -0.1) is 0 Å². The average molecular weight is 354 g/mol. The minimum Gasteiger partial charge on any atom is -0.310 e. The first kappa shape index (κ1) is 15.5. The summed E-state index contributed by atoms with van der Waals surface area (Å²) in [6.45, 7) is 4.65. The normalized spacial score (nSPS) is 11.1. The van der Waals surface area contributed by atoms with Crippen LogP contribution in [0.4, 0.5) is 4.39 Å². The first-order chi connectivity index (χ1) is 9.58. The van der Waals surface area contributed by atoms with Gasteiger partial charge in [0.05, 0.1) is 0 Å². The molecule has 0 unspecified atom stereocenters. The van der Waals surface area contributed by atoms with Crippen molar-refractivity contribution in [1.82, 2.24) is 5.32 Å². The molecule has 0 aliphatic heterocycles. The lowest BCUT2D eigenvalue weighted by molar-refractivity contribution is 0.546. The van der Waals surface area contributed by atoms with Gasteiger partial charge in [0.2, 0.25) is 0 Å². The second-order valence-electron chi connectivity index (χ2n) is 4.78. The van der Waals surface area contributed by atoms with Crippen LogP contribution in [0.15, 0.2) is 56.7 Å². The van der Waals surface area contributed by atoms with E-state index in [-0.39, 0.29) is 5.82 Å². The lowest BCUT2D eigenvalue weighted by Crippen LogP contribution is -2.22. The van der Waals surface area contributed by atoms with Gasteiger partial charge in [-0.3, -0.25) is 0 Å². The number of nitrogens with one attached hydrogen (secondary N) is 1. The first-order valence-corrected chi connectivity index (χ1v) is 8.12. The molecule has 4 heteroatoms. The summed E-state index contributed by atoms with van der Waals surface area (Å²) < 4.78 is 15.1. The Morgan fingerprint density at radius 2 is 1.80 bits per heavy atom. The highest BCUT2D eigenvalue weighted by molar-refractivity contribution is 9.10. The van der Waals surface area contributed by atoms with Crippen LogP contribution in [0.25, 0.3) is 0 Å². The van der Waals surface area contributed by atoms with Crippen LogP contribution in [0.2, 0.25) is 0 Å². The van der Waals surface area contributed by atoms with Gasteiger partial charge >= 0.3 is 0 Å². The van der Waals surface area contributed by atoms with Gasteiger partial charge in [0.15, 0.2) is 0 Å². The number of hydrogen-bond donors (Lipinski definition) is 1. The Labute approximate surface area is 132 Å². The van der Waals surface area contributed by atoms with E-state index in [9.17, 15) is 4.39 Å². The molecule has 0 aliphatic rings. The zero-order valence-corrected chi connectivity index (χ0v) is 13.9. The lowest BCUT2D eigenvalue weighted by atomic mass is 10.2. The highest BCUT2D eigenvalue weighted by Gasteiger charge is 2.11. The van der Waals surface area contributed by atoms with Crippen LogP contribution < -0.4 is 5.32 Å². The van der Waals surface area contributed by atoms with Crippen LogP contribution in [-0.2, 0) is 6.54 Å². The highest BCUT2D eigenvalue weighted by Crippen LogP contribution is 2.35. The summed E-state index contributed by atoms with van der Waals surface area (Å²) in [5.41, 5.74) is 0.724. The molecule has 1 N–H and O–H groups in total. The van der Waals surface area contributed by atoms with E-state index in [1.54, 1.807) is 17.8 Å². The molecule has 1 nitrogen and oxygen atoms in total. The van der Waals surface area contributed by atoms with Crippen molar-refractivity contribution in [3.05, 3.63) is 58.3 Å². The Bertz CT molecular complexity index is 586. The Hall–Kier alpha value is -0.840. The van der Waals surface area contributed by atoms with Crippen molar-refractivity contribution in [1.29, 1.82) is 0 Å². The molecule has 20 heavy (non-hydrogen) atoms. The van der Waals surface area contributed by atoms with Gasteiger partial charge in [-0.2, -0.15) is 0 Å². The molecule has 0 spiro atoms. The summed E-state index contributed by atoms with van der Waals surface area (Å²) in [7, 11) is 0. The largest absolute Gasteiger partial charge is 0.310 e. The van der Waals surface area contributed by atoms with Crippen molar-refractivity contribution in [3.8, 4) is 0 Å². The van der Waals surface area contributed by atoms with Gasteiger partial charge in [0, 0.05) is 32.4 Å². The minimum absolute atomic E-state index is 0.157. The molecular formula is C16H17BrFNS. The molecule has 0 radical (unpaired) electrons. The maximum Gasteiger partial charge on any atom is 0.128 e. The Morgan fingerprint density at radius 1 is 1.10 bits per heavy atom. The SMILES string of the molecule is CC(C)NCc1c(F)cccc1Sc1ccccc1Br. The van der Waals surface area contributed by atoms with Gasteiger partial charge in [0.1, 0.15) is 5.82 Å². The smallest absolute Gasteiger partial charge is 0.128 e. The van der Waals surface area contributed by atoms with Crippen LogP contribution in [0, 0.1) is 5.82 Å². The van der Waals surface area contributed by atoms with Crippen LogP contribution in [-0.4, -0.2) is 6.04 Å². The van der Waals surface area contributed by atoms with Gasteiger partial charge < -0.3 is 5.32 Å². The highest BCUT2D eigenvalue weighted by atomic mass is 79.9. The molecule has 0 amide bonds. The topological polar surface area (TPSA) is 12.0 Å². The van der Waals surface area contributed by atoms with Crippen molar-refractivity contribution in [2.24, 2.45) is 0 Å². The van der Waals surface area contributed by atoms with Gasteiger partial charge in [-0.1, -0.05) is 43.8 Å². The molecule has 0 bridgehead atoms. The molecule has 2 aromatic rings. The fraction of sp³-hybridized carbons (Fsp3) is 0.250. The maximum atomic E-state index is 14.0. The molecule has 2 rings (SSSR count). The molecule has 0 heterocycles. The minimum atomic E-state index is -0.157.